The van der Waals surface area contributed by atoms with E-state index in [-0.39, 0.29) is 5.91 Å². The van der Waals surface area contributed by atoms with Crippen LogP contribution in [0.2, 0.25) is 10.0 Å². The van der Waals surface area contributed by atoms with E-state index in [9.17, 15) is 4.79 Å². The lowest BCUT2D eigenvalue weighted by Crippen LogP contribution is -2.17. The van der Waals surface area contributed by atoms with Crippen LogP contribution in [-0.2, 0) is 13.0 Å². The summed E-state index contributed by atoms with van der Waals surface area (Å²) >= 11 is 15.8. The molecule has 0 spiro atoms. The Hall–Kier alpha value is -4.10. The molecule has 5 nitrogen and oxygen atoms in total. The fraction of sp³-hybridized carbons (Fsp3) is 0.0857. The van der Waals surface area contributed by atoms with Gasteiger partial charge in [0.2, 0.25) is 0 Å². The molecule has 0 radical (unpaired) electrons. The van der Waals surface area contributed by atoms with Crippen molar-refractivity contribution in [2.24, 2.45) is 5.10 Å². The van der Waals surface area contributed by atoms with Gasteiger partial charge in [-0.05, 0) is 112 Å². The van der Waals surface area contributed by atoms with Gasteiger partial charge in [-0.3, -0.25) is 4.79 Å². The van der Waals surface area contributed by atoms with Gasteiger partial charge in [0.25, 0.3) is 5.91 Å². The van der Waals surface area contributed by atoms with Crippen LogP contribution in [0.1, 0.15) is 32.7 Å². The number of rotatable bonds is 10. The van der Waals surface area contributed by atoms with Crippen molar-refractivity contribution in [2.75, 3.05) is 0 Å². The second-order valence-corrected chi connectivity index (χ2v) is 11.5. The van der Waals surface area contributed by atoms with Crippen LogP contribution in [0.5, 0.6) is 5.75 Å². The standard InChI is InChI=1S/C35H28BrCl2N3O2/c1-3-7-28-18-25(19-30(36)34(28)43-22-24-11-16-31(37)32(38)20-24)21-39-40-35(42)27-12-14-29(15-13-27)41-23(2)10-17-33(41)26-8-5-4-6-9-26/h3-6,8-21H,1,7,22H2,2H3,(H,40,42)/b39-21+. The van der Waals surface area contributed by atoms with Gasteiger partial charge in [-0.2, -0.15) is 5.10 Å². The molecule has 5 aromatic rings. The molecule has 1 heterocycles. The van der Waals surface area contributed by atoms with Crippen molar-refractivity contribution in [1.82, 2.24) is 9.99 Å². The first-order chi connectivity index (χ1) is 20.8. The normalized spacial score (nSPS) is 11.1. The van der Waals surface area contributed by atoms with Gasteiger partial charge in [0.15, 0.2) is 0 Å². The fourth-order valence-electron chi connectivity index (χ4n) is 4.71. The molecule has 0 unspecified atom stereocenters. The maximum Gasteiger partial charge on any atom is 0.271 e. The summed E-state index contributed by atoms with van der Waals surface area (Å²) in [6.45, 7) is 6.25. The van der Waals surface area contributed by atoms with Crippen LogP contribution < -0.4 is 10.2 Å². The van der Waals surface area contributed by atoms with E-state index in [1.54, 1.807) is 36.6 Å². The molecule has 5 rings (SSSR count). The lowest BCUT2D eigenvalue weighted by Gasteiger charge is -2.14. The highest BCUT2D eigenvalue weighted by Gasteiger charge is 2.13. The molecule has 43 heavy (non-hydrogen) atoms. The van der Waals surface area contributed by atoms with Gasteiger partial charge in [0.05, 0.1) is 26.4 Å². The van der Waals surface area contributed by atoms with E-state index < -0.39 is 0 Å². The number of nitrogens with zero attached hydrogens (tertiary/aromatic N) is 2. The maximum atomic E-state index is 12.9. The molecule has 1 amide bonds. The molecule has 1 aromatic heterocycles. The molecule has 0 aliphatic carbocycles. The third kappa shape index (κ3) is 7.28. The Balaban J connectivity index is 1.26. The second kappa shape index (κ2) is 13.9. The third-order valence-electron chi connectivity index (χ3n) is 6.79. The summed E-state index contributed by atoms with van der Waals surface area (Å²) < 4.78 is 9.05. The number of hydrogen-bond acceptors (Lipinski definition) is 3. The number of allylic oxidation sites excluding steroid dienone is 1. The quantitative estimate of drug-likeness (QED) is 0.0913. The number of benzene rings is 4. The molecule has 0 atom stereocenters. The first-order valence-corrected chi connectivity index (χ1v) is 15.1. The molecule has 216 valence electrons. The van der Waals surface area contributed by atoms with Crippen LogP contribution in [-0.4, -0.2) is 16.7 Å². The molecular formula is C35H28BrCl2N3O2. The Bertz CT molecular complexity index is 1800. The summed E-state index contributed by atoms with van der Waals surface area (Å²) in [5.74, 6) is 0.392. The average Bonchev–Trinajstić information content (AvgIpc) is 3.40. The largest absolute Gasteiger partial charge is 0.487 e. The van der Waals surface area contributed by atoms with Crippen LogP contribution in [0.4, 0.5) is 0 Å². The van der Waals surface area contributed by atoms with Gasteiger partial charge in [0, 0.05) is 16.9 Å². The summed E-state index contributed by atoms with van der Waals surface area (Å²) in [5, 5.41) is 5.17. The van der Waals surface area contributed by atoms with Crippen LogP contribution in [0.15, 0.2) is 119 Å². The molecule has 0 saturated heterocycles. The summed E-state index contributed by atoms with van der Waals surface area (Å²) in [5.41, 5.74) is 10.0. The van der Waals surface area contributed by atoms with Gasteiger partial charge in [-0.25, -0.2) is 5.43 Å². The summed E-state index contributed by atoms with van der Waals surface area (Å²) in [6.07, 6.45) is 3.99. The van der Waals surface area contributed by atoms with E-state index in [0.29, 0.717) is 34.4 Å². The predicted molar refractivity (Wildman–Crippen MR) is 180 cm³/mol. The molecule has 0 aliphatic heterocycles. The van der Waals surface area contributed by atoms with E-state index in [4.69, 9.17) is 27.9 Å². The van der Waals surface area contributed by atoms with E-state index >= 15 is 0 Å². The number of carbonyl (C=O) groups is 1. The van der Waals surface area contributed by atoms with Gasteiger partial charge >= 0.3 is 0 Å². The van der Waals surface area contributed by atoms with E-state index in [1.165, 1.54) is 0 Å². The number of hydrazone groups is 1. The predicted octanol–water partition coefficient (Wildman–Crippen LogP) is 9.59. The van der Waals surface area contributed by atoms with Crippen LogP contribution in [0, 0.1) is 6.92 Å². The number of amides is 1. The highest BCUT2D eigenvalue weighted by molar-refractivity contribution is 9.10. The molecular weight excluding hydrogens is 645 g/mol. The van der Waals surface area contributed by atoms with Crippen molar-refractivity contribution < 1.29 is 9.53 Å². The van der Waals surface area contributed by atoms with Crippen molar-refractivity contribution in [1.29, 1.82) is 0 Å². The van der Waals surface area contributed by atoms with E-state index in [2.05, 4.69) is 68.8 Å². The molecule has 8 heteroatoms. The molecule has 0 aliphatic rings. The lowest BCUT2D eigenvalue weighted by atomic mass is 10.1. The summed E-state index contributed by atoms with van der Waals surface area (Å²) in [7, 11) is 0. The minimum absolute atomic E-state index is 0.303. The minimum atomic E-state index is -0.303. The Morgan fingerprint density at radius 3 is 2.47 bits per heavy atom. The number of carbonyl (C=O) groups excluding carboxylic acids is 1. The van der Waals surface area contributed by atoms with Gasteiger partial charge < -0.3 is 9.30 Å². The molecule has 0 fully saturated rings. The smallest absolute Gasteiger partial charge is 0.271 e. The number of aryl methyl sites for hydroxylation is 1. The van der Waals surface area contributed by atoms with Crippen LogP contribution in [0.25, 0.3) is 16.9 Å². The first-order valence-electron chi connectivity index (χ1n) is 13.5. The molecule has 1 N–H and O–H groups in total. The zero-order valence-corrected chi connectivity index (χ0v) is 26.5. The van der Waals surface area contributed by atoms with Crippen LogP contribution in [0.3, 0.4) is 0 Å². The summed E-state index contributed by atoms with van der Waals surface area (Å²) in [4.78, 5) is 12.9. The number of nitrogens with one attached hydrogen (secondary N) is 1. The van der Waals surface area contributed by atoms with Gasteiger partial charge in [-0.15, -0.1) is 6.58 Å². The maximum absolute atomic E-state index is 12.9. The van der Waals surface area contributed by atoms with Crippen molar-refractivity contribution in [3.63, 3.8) is 0 Å². The number of halogens is 3. The average molecular weight is 673 g/mol. The SMILES string of the molecule is C=CCc1cc(/C=N/NC(=O)c2ccc(-n3c(C)ccc3-c3ccccc3)cc2)cc(Br)c1OCc1ccc(Cl)c(Cl)c1. The second-order valence-electron chi connectivity index (χ2n) is 9.83. The Morgan fingerprint density at radius 1 is 0.977 bits per heavy atom. The number of aromatic nitrogens is 1. The fourth-order valence-corrected chi connectivity index (χ4v) is 5.66. The van der Waals surface area contributed by atoms with E-state index in [0.717, 1.165) is 43.8 Å². The molecule has 0 saturated carbocycles. The number of ether oxygens (including phenoxy) is 1. The Morgan fingerprint density at radius 2 is 1.74 bits per heavy atom. The Labute approximate surface area is 269 Å². The molecule has 4 aromatic carbocycles. The summed E-state index contributed by atoms with van der Waals surface area (Å²) in [6, 6.07) is 31.1. The van der Waals surface area contributed by atoms with Gasteiger partial charge in [0.1, 0.15) is 12.4 Å². The van der Waals surface area contributed by atoms with Crippen molar-refractivity contribution in [3.8, 4) is 22.7 Å². The minimum Gasteiger partial charge on any atom is -0.487 e. The topological polar surface area (TPSA) is 55.6 Å². The number of hydrogen-bond donors (Lipinski definition) is 1. The third-order valence-corrected chi connectivity index (χ3v) is 8.12. The van der Waals surface area contributed by atoms with Crippen molar-refractivity contribution in [3.05, 3.63) is 152 Å². The van der Waals surface area contributed by atoms with Gasteiger partial charge in [-0.1, -0.05) is 65.7 Å². The van der Waals surface area contributed by atoms with Crippen LogP contribution >= 0.6 is 39.1 Å². The Kier molecular flexibility index (Phi) is 9.82. The zero-order chi connectivity index (χ0) is 30.3. The monoisotopic (exact) mass is 671 g/mol. The highest BCUT2D eigenvalue weighted by Crippen LogP contribution is 2.33. The van der Waals surface area contributed by atoms with Crippen molar-refractivity contribution >= 4 is 51.3 Å². The zero-order valence-electron chi connectivity index (χ0n) is 23.4. The van der Waals surface area contributed by atoms with Crippen molar-refractivity contribution in [2.45, 2.75) is 20.0 Å². The highest BCUT2D eigenvalue weighted by atomic mass is 79.9. The first kappa shape index (κ1) is 30.4. The molecule has 0 bridgehead atoms. The lowest BCUT2D eigenvalue weighted by molar-refractivity contribution is 0.0955. The van der Waals surface area contributed by atoms with E-state index in [1.807, 2.05) is 48.5 Å².